The van der Waals surface area contributed by atoms with Gasteiger partial charge in [0.05, 0.1) is 28.2 Å². The average Bonchev–Trinajstić information content (AvgIpc) is 3.19. The third-order valence-corrected chi connectivity index (χ3v) is 7.12. The summed E-state index contributed by atoms with van der Waals surface area (Å²) in [7, 11) is 1.72. The summed E-state index contributed by atoms with van der Waals surface area (Å²) in [5, 5.41) is 6.71. The van der Waals surface area contributed by atoms with Crippen molar-refractivity contribution in [2.75, 3.05) is 19.0 Å². The molecule has 0 spiro atoms. The SMILES string of the molecule is COC1CCC(Oc2cc(F)ccc2Nc2ncnc3sc(C(=O)NCCC=O)c(C)c23)CC1. The number of nitrogens with one attached hydrogen (secondary N) is 2. The average molecular weight is 487 g/mol. The van der Waals surface area contributed by atoms with Crippen LogP contribution in [0.1, 0.15) is 47.3 Å². The van der Waals surface area contributed by atoms with Crippen molar-refractivity contribution in [3.63, 3.8) is 0 Å². The van der Waals surface area contributed by atoms with E-state index in [0.717, 1.165) is 37.5 Å². The number of rotatable bonds is 9. The van der Waals surface area contributed by atoms with Crippen molar-refractivity contribution in [2.24, 2.45) is 0 Å². The minimum atomic E-state index is -0.389. The summed E-state index contributed by atoms with van der Waals surface area (Å²) >= 11 is 1.26. The van der Waals surface area contributed by atoms with Crippen LogP contribution in [0.5, 0.6) is 5.75 Å². The molecule has 8 nitrogen and oxygen atoms in total. The molecule has 4 rings (SSSR count). The lowest BCUT2D eigenvalue weighted by molar-refractivity contribution is -0.107. The molecule has 180 valence electrons. The molecular weight excluding hydrogens is 459 g/mol. The number of nitrogens with zero attached hydrogens (tertiary/aromatic N) is 2. The predicted octanol–water partition coefficient (Wildman–Crippen LogP) is 4.54. The van der Waals surface area contributed by atoms with Crippen molar-refractivity contribution >= 4 is 45.3 Å². The number of hydrogen-bond acceptors (Lipinski definition) is 8. The van der Waals surface area contributed by atoms with Crippen LogP contribution in [-0.4, -0.2) is 48.0 Å². The predicted molar refractivity (Wildman–Crippen MR) is 129 cm³/mol. The number of aromatic nitrogens is 2. The largest absolute Gasteiger partial charge is 0.488 e. The van der Waals surface area contributed by atoms with Crippen molar-refractivity contribution in [3.05, 3.63) is 40.8 Å². The molecule has 2 aromatic heterocycles. The number of aldehydes is 1. The zero-order chi connectivity index (χ0) is 24.1. The molecule has 0 saturated heterocycles. The number of halogens is 1. The Kier molecular flexibility index (Phi) is 7.69. The quantitative estimate of drug-likeness (QED) is 0.338. The maximum Gasteiger partial charge on any atom is 0.261 e. The second-order valence-electron chi connectivity index (χ2n) is 8.19. The summed E-state index contributed by atoms with van der Waals surface area (Å²) in [5.74, 6) is 0.267. The number of methoxy groups -OCH3 is 1. The third kappa shape index (κ3) is 5.34. The summed E-state index contributed by atoms with van der Waals surface area (Å²) in [6, 6.07) is 4.35. The summed E-state index contributed by atoms with van der Waals surface area (Å²) in [6.45, 7) is 2.10. The highest BCUT2D eigenvalue weighted by atomic mass is 32.1. The third-order valence-electron chi connectivity index (χ3n) is 5.93. The van der Waals surface area contributed by atoms with Crippen molar-refractivity contribution < 1.29 is 23.5 Å². The lowest BCUT2D eigenvalue weighted by Gasteiger charge is -2.28. The van der Waals surface area contributed by atoms with Gasteiger partial charge in [-0.2, -0.15) is 0 Å². The van der Waals surface area contributed by atoms with E-state index in [1.807, 2.05) is 6.92 Å². The van der Waals surface area contributed by atoms with Crippen LogP contribution in [-0.2, 0) is 9.53 Å². The molecular formula is C24H27FN4O4S. The van der Waals surface area contributed by atoms with Crippen LogP contribution in [0.3, 0.4) is 0 Å². The molecule has 1 amide bonds. The maximum absolute atomic E-state index is 14.1. The number of benzene rings is 1. The first-order valence-electron chi connectivity index (χ1n) is 11.2. The number of fused-ring (bicyclic) bond motifs is 1. The maximum atomic E-state index is 14.1. The Balaban J connectivity index is 1.59. The van der Waals surface area contributed by atoms with Crippen LogP contribution < -0.4 is 15.4 Å². The smallest absolute Gasteiger partial charge is 0.261 e. The van der Waals surface area contributed by atoms with E-state index in [-0.39, 0.29) is 36.9 Å². The number of carbonyl (C=O) groups excluding carboxylic acids is 2. The molecule has 0 aliphatic heterocycles. The van der Waals surface area contributed by atoms with Crippen molar-refractivity contribution in [3.8, 4) is 5.75 Å². The van der Waals surface area contributed by atoms with E-state index in [4.69, 9.17) is 9.47 Å². The molecule has 1 saturated carbocycles. The van der Waals surface area contributed by atoms with Crippen LogP contribution >= 0.6 is 11.3 Å². The van der Waals surface area contributed by atoms with Gasteiger partial charge in [-0.25, -0.2) is 14.4 Å². The van der Waals surface area contributed by atoms with Gasteiger partial charge in [-0.15, -0.1) is 11.3 Å². The Morgan fingerprint density at radius 2 is 2.00 bits per heavy atom. The van der Waals surface area contributed by atoms with Gasteiger partial charge in [0.1, 0.15) is 34.8 Å². The Hall–Kier alpha value is -3.11. The van der Waals surface area contributed by atoms with Crippen molar-refractivity contribution in [2.45, 2.75) is 51.2 Å². The van der Waals surface area contributed by atoms with Crippen molar-refractivity contribution in [1.29, 1.82) is 0 Å². The zero-order valence-corrected chi connectivity index (χ0v) is 19.9. The number of ether oxygens (including phenoxy) is 2. The lowest BCUT2D eigenvalue weighted by Crippen LogP contribution is -2.27. The second kappa shape index (κ2) is 10.9. The normalized spacial score (nSPS) is 18.0. The van der Waals surface area contributed by atoms with Crippen LogP contribution in [0.4, 0.5) is 15.9 Å². The van der Waals surface area contributed by atoms with Gasteiger partial charge in [-0.3, -0.25) is 4.79 Å². The number of amides is 1. The summed E-state index contributed by atoms with van der Waals surface area (Å²) in [6.07, 6.45) is 6.12. The molecule has 2 heterocycles. The highest BCUT2D eigenvalue weighted by Crippen LogP contribution is 2.37. The van der Waals surface area contributed by atoms with Crippen molar-refractivity contribution in [1.82, 2.24) is 15.3 Å². The molecule has 34 heavy (non-hydrogen) atoms. The van der Waals surface area contributed by atoms with Crippen LogP contribution in [0, 0.1) is 12.7 Å². The number of thiophene rings is 1. The fourth-order valence-electron chi connectivity index (χ4n) is 4.10. The fourth-order valence-corrected chi connectivity index (χ4v) is 5.16. The van der Waals surface area contributed by atoms with E-state index in [1.165, 1.54) is 29.8 Å². The standard InChI is InChI=1S/C24H27FN4O4S/c1-14-20-22(27-13-28-24(20)34-21(14)23(31)26-10-3-11-30)29-18-9-4-15(25)12-19(18)33-17-7-5-16(32-2)6-8-17/h4,9,11-13,16-17H,3,5-8,10H2,1-2H3,(H,26,31)(H,27,28,29). The molecule has 2 N–H and O–H groups in total. The second-order valence-corrected chi connectivity index (χ2v) is 9.19. The highest BCUT2D eigenvalue weighted by Gasteiger charge is 2.24. The molecule has 0 bridgehead atoms. The molecule has 1 aliphatic rings. The van der Waals surface area contributed by atoms with Crippen LogP contribution in [0.15, 0.2) is 24.5 Å². The monoisotopic (exact) mass is 486 g/mol. The van der Waals surface area contributed by atoms with E-state index >= 15 is 0 Å². The van der Waals surface area contributed by atoms with Crippen LogP contribution in [0.2, 0.25) is 0 Å². The number of carbonyl (C=O) groups is 2. The number of hydrogen-bond donors (Lipinski definition) is 2. The van der Waals surface area contributed by atoms with Gasteiger partial charge in [-0.05, 0) is 50.3 Å². The van der Waals surface area contributed by atoms with E-state index < -0.39 is 0 Å². The number of anilines is 2. The number of aryl methyl sites for hydroxylation is 1. The lowest BCUT2D eigenvalue weighted by atomic mass is 9.95. The summed E-state index contributed by atoms with van der Waals surface area (Å²) in [4.78, 5) is 33.0. The van der Waals surface area contributed by atoms with E-state index in [9.17, 15) is 14.0 Å². The fraction of sp³-hybridized carbons (Fsp3) is 0.417. The Bertz CT molecular complexity index is 1180. The Labute approximate surface area is 200 Å². The molecule has 0 unspecified atom stereocenters. The first-order valence-corrected chi connectivity index (χ1v) is 12.0. The molecule has 10 heteroatoms. The van der Waals surface area contributed by atoms with Gasteiger partial charge >= 0.3 is 0 Å². The van der Waals surface area contributed by atoms with Gasteiger partial charge in [0.15, 0.2) is 0 Å². The summed E-state index contributed by atoms with van der Waals surface area (Å²) in [5.41, 5.74) is 1.31. The van der Waals surface area contributed by atoms with Gasteiger partial charge in [0.2, 0.25) is 0 Å². The molecule has 1 aromatic carbocycles. The van der Waals surface area contributed by atoms with E-state index in [0.29, 0.717) is 32.3 Å². The highest BCUT2D eigenvalue weighted by molar-refractivity contribution is 7.20. The molecule has 1 fully saturated rings. The zero-order valence-electron chi connectivity index (χ0n) is 19.1. The van der Waals surface area contributed by atoms with Crippen LogP contribution in [0.25, 0.3) is 10.2 Å². The van der Waals surface area contributed by atoms with E-state index in [2.05, 4.69) is 20.6 Å². The molecule has 0 radical (unpaired) electrons. The summed E-state index contributed by atoms with van der Waals surface area (Å²) < 4.78 is 25.7. The van der Waals surface area contributed by atoms with Gasteiger partial charge < -0.3 is 24.9 Å². The van der Waals surface area contributed by atoms with Gasteiger partial charge in [0, 0.05) is 26.1 Å². The molecule has 0 atom stereocenters. The van der Waals surface area contributed by atoms with Gasteiger partial charge in [0.25, 0.3) is 5.91 Å². The first kappa shape index (κ1) is 24.0. The molecule has 3 aromatic rings. The molecule has 1 aliphatic carbocycles. The minimum absolute atomic E-state index is 0.0243. The first-order chi connectivity index (χ1) is 16.5. The van der Waals surface area contributed by atoms with E-state index in [1.54, 1.807) is 13.2 Å². The Morgan fingerprint density at radius 1 is 1.24 bits per heavy atom. The topological polar surface area (TPSA) is 102 Å². The van der Waals surface area contributed by atoms with Gasteiger partial charge in [-0.1, -0.05) is 0 Å². The minimum Gasteiger partial charge on any atom is -0.488 e. The Morgan fingerprint density at radius 3 is 2.74 bits per heavy atom.